The Hall–Kier alpha value is -1.59. The van der Waals surface area contributed by atoms with E-state index in [-0.39, 0.29) is 5.91 Å². The van der Waals surface area contributed by atoms with Crippen molar-refractivity contribution in [3.63, 3.8) is 0 Å². The molecule has 0 saturated heterocycles. The van der Waals surface area contributed by atoms with Gasteiger partial charge < -0.3 is 10.1 Å². The number of amides is 1. The number of carbonyl (C=O) groups is 1. The molecule has 0 bridgehead atoms. The van der Waals surface area contributed by atoms with E-state index in [1.54, 1.807) is 36.5 Å². The van der Waals surface area contributed by atoms with Gasteiger partial charge in [0.1, 0.15) is 11.6 Å². The maximum Gasteiger partial charge on any atom is 0.260 e. The number of hydrogen-bond donors (Lipinski definition) is 1. The zero-order valence-electron chi connectivity index (χ0n) is 9.98. The Labute approximate surface area is 123 Å². The summed E-state index contributed by atoms with van der Waals surface area (Å²) in [5.74, 6) is 0.579. The SMILES string of the molecule is COc1cc(Cl)ccc1C(=O)Nc1ccc(Br)cn1. The summed E-state index contributed by atoms with van der Waals surface area (Å²) in [6.07, 6.45) is 1.61. The highest BCUT2D eigenvalue weighted by molar-refractivity contribution is 9.10. The van der Waals surface area contributed by atoms with Crippen molar-refractivity contribution < 1.29 is 9.53 Å². The molecule has 1 heterocycles. The van der Waals surface area contributed by atoms with Gasteiger partial charge >= 0.3 is 0 Å². The van der Waals surface area contributed by atoms with E-state index < -0.39 is 0 Å². The molecular formula is C13H10BrClN2O2. The third-order valence-electron chi connectivity index (χ3n) is 2.38. The number of anilines is 1. The van der Waals surface area contributed by atoms with Crippen molar-refractivity contribution in [1.82, 2.24) is 4.98 Å². The molecule has 1 aromatic carbocycles. The van der Waals surface area contributed by atoms with E-state index in [1.165, 1.54) is 7.11 Å². The Morgan fingerprint density at radius 2 is 2.16 bits per heavy atom. The van der Waals surface area contributed by atoms with E-state index >= 15 is 0 Å². The van der Waals surface area contributed by atoms with Crippen molar-refractivity contribution in [2.45, 2.75) is 0 Å². The Morgan fingerprint density at radius 1 is 1.37 bits per heavy atom. The lowest BCUT2D eigenvalue weighted by atomic mass is 10.2. The molecule has 19 heavy (non-hydrogen) atoms. The third-order valence-corrected chi connectivity index (χ3v) is 3.08. The molecule has 0 aliphatic rings. The fourth-order valence-corrected chi connectivity index (χ4v) is 1.88. The largest absolute Gasteiger partial charge is 0.496 e. The average molecular weight is 342 g/mol. The van der Waals surface area contributed by atoms with Crippen LogP contribution in [0.15, 0.2) is 41.0 Å². The third kappa shape index (κ3) is 3.45. The Kier molecular flexibility index (Phi) is 4.39. The second-order valence-electron chi connectivity index (χ2n) is 3.66. The quantitative estimate of drug-likeness (QED) is 0.925. The van der Waals surface area contributed by atoms with Crippen molar-refractivity contribution >= 4 is 39.3 Å². The number of aromatic nitrogens is 1. The highest BCUT2D eigenvalue weighted by Gasteiger charge is 2.13. The fourth-order valence-electron chi connectivity index (χ4n) is 1.49. The topological polar surface area (TPSA) is 51.2 Å². The van der Waals surface area contributed by atoms with E-state index in [1.807, 2.05) is 0 Å². The van der Waals surface area contributed by atoms with Crippen LogP contribution >= 0.6 is 27.5 Å². The van der Waals surface area contributed by atoms with Crippen LogP contribution in [0.3, 0.4) is 0 Å². The summed E-state index contributed by atoms with van der Waals surface area (Å²) in [5, 5.41) is 3.20. The summed E-state index contributed by atoms with van der Waals surface area (Å²) < 4.78 is 5.97. The van der Waals surface area contributed by atoms with E-state index in [0.29, 0.717) is 22.2 Å². The van der Waals surface area contributed by atoms with Crippen LogP contribution in [0.2, 0.25) is 5.02 Å². The molecule has 2 rings (SSSR count). The number of nitrogens with zero attached hydrogens (tertiary/aromatic N) is 1. The zero-order chi connectivity index (χ0) is 13.8. The molecule has 0 fully saturated rings. The fraction of sp³-hybridized carbons (Fsp3) is 0.0769. The first-order valence-electron chi connectivity index (χ1n) is 5.36. The zero-order valence-corrected chi connectivity index (χ0v) is 12.3. The minimum absolute atomic E-state index is 0.302. The van der Waals surface area contributed by atoms with Crippen LogP contribution in [0.4, 0.5) is 5.82 Å². The van der Waals surface area contributed by atoms with Crippen molar-refractivity contribution in [3.05, 3.63) is 51.6 Å². The van der Waals surface area contributed by atoms with Crippen LogP contribution in [0.5, 0.6) is 5.75 Å². The Balaban J connectivity index is 2.22. The second kappa shape index (κ2) is 6.04. The van der Waals surface area contributed by atoms with Gasteiger partial charge in [-0.2, -0.15) is 0 Å². The van der Waals surface area contributed by atoms with Crippen LogP contribution in [-0.4, -0.2) is 18.0 Å². The van der Waals surface area contributed by atoms with E-state index in [4.69, 9.17) is 16.3 Å². The van der Waals surface area contributed by atoms with Gasteiger partial charge in [0, 0.05) is 15.7 Å². The van der Waals surface area contributed by atoms with Crippen LogP contribution in [0.1, 0.15) is 10.4 Å². The molecule has 98 valence electrons. The van der Waals surface area contributed by atoms with Gasteiger partial charge in [0.05, 0.1) is 12.7 Å². The molecule has 0 saturated carbocycles. The molecule has 6 heteroatoms. The van der Waals surface area contributed by atoms with E-state index in [2.05, 4.69) is 26.2 Å². The lowest BCUT2D eigenvalue weighted by Crippen LogP contribution is -2.14. The van der Waals surface area contributed by atoms with Gasteiger partial charge in [0.15, 0.2) is 0 Å². The average Bonchev–Trinajstić information content (AvgIpc) is 2.41. The molecular weight excluding hydrogens is 332 g/mol. The molecule has 0 aliphatic carbocycles. The van der Waals surface area contributed by atoms with Gasteiger partial charge in [-0.25, -0.2) is 4.98 Å². The van der Waals surface area contributed by atoms with Gasteiger partial charge in [-0.1, -0.05) is 11.6 Å². The summed E-state index contributed by atoms with van der Waals surface area (Å²) >= 11 is 9.13. The number of benzene rings is 1. The first-order valence-corrected chi connectivity index (χ1v) is 6.53. The minimum atomic E-state index is -0.302. The summed E-state index contributed by atoms with van der Waals surface area (Å²) in [6, 6.07) is 8.32. The molecule has 4 nitrogen and oxygen atoms in total. The second-order valence-corrected chi connectivity index (χ2v) is 5.01. The number of nitrogens with one attached hydrogen (secondary N) is 1. The van der Waals surface area contributed by atoms with E-state index in [9.17, 15) is 4.79 Å². The van der Waals surface area contributed by atoms with Gasteiger partial charge in [-0.15, -0.1) is 0 Å². The predicted octanol–water partition coefficient (Wildman–Crippen LogP) is 3.76. The van der Waals surface area contributed by atoms with Crippen LogP contribution in [0, 0.1) is 0 Å². The predicted molar refractivity (Wildman–Crippen MR) is 77.9 cm³/mol. The molecule has 1 N–H and O–H groups in total. The normalized spacial score (nSPS) is 10.1. The smallest absolute Gasteiger partial charge is 0.260 e. The van der Waals surface area contributed by atoms with Crippen LogP contribution in [0.25, 0.3) is 0 Å². The molecule has 0 unspecified atom stereocenters. The molecule has 2 aromatic rings. The van der Waals surface area contributed by atoms with Gasteiger partial charge in [-0.3, -0.25) is 4.79 Å². The lowest BCUT2D eigenvalue weighted by molar-refractivity contribution is 0.102. The maximum atomic E-state index is 12.1. The number of carbonyl (C=O) groups excluding carboxylic acids is 1. The van der Waals surface area contributed by atoms with Crippen molar-refractivity contribution in [1.29, 1.82) is 0 Å². The summed E-state index contributed by atoms with van der Waals surface area (Å²) in [5.41, 5.74) is 0.400. The molecule has 0 spiro atoms. The number of pyridine rings is 1. The maximum absolute atomic E-state index is 12.1. The first kappa shape index (κ1) is 13.8. The number of ether oxygens (including phenoxy) is 1. The Morgan fingerprint density at radius 3 is 2.79 bits per heavy atom. The van der Waals surface area contributed by atoms with Crippen molar-refractivity contribution in [2.75, 3.05) is 12.4 Å². The van der Waals surface area contributed by atoms with Gasteiger partial charge in [-0.05, 0) is 46.3 Å². The molecule has 0 aliphatic heterocycles. The Bertz CT molecular complexity index is 602. The van der Waals surface area contributed by atoms with Crippen molar-refractivity contribution in [2.24, 2.45) is 0 Å². The molecule has 0 radical (unpaired) electrons. The van der Waals surface area contributed by atoms with Crippen LogP contribution < -0.4 is 10.1 Å². The number of halogens is 2. The monoisotopic (exact) mass is 340 g/mol. The van der Waals surface area contributed by atoms with E-state index in [0.717, 1.165) is 4.47 Å². The standard InChI is InChI=1S/C13H10BrClN2O2/c1-19-11-6-9(15)3-4-10(11)13(18)17-12-5-2-8(14)7-16-12/h2-7H,1H3,(H,16,17,18). The summed E-state index contributed by atoms with van der Waals surface area (Å²) in [4.78, 5) is 16.2. The molecule has 1 amide bonds. The molecule has 0 atom stereocenters. The first-order chi connectivity index (χ1) is 9.10. The number of methoxy groups -OCH3 is 1. The lowest BCUT2D eigenvalue weighted by Gasteiger charge is -2.09. The van der Waals surface area contributed by atoms with Gasteiger partial charge in [0.25, 0.3) is 5.91 Å². The molecule has 1 aromatic heterocycles. The van der Waals surface area contributed by atoms with Crippen LogP contribution in [-0.2, 0) is 0 Å². The summed E-state index contributed by atoms with van der Waals surface area (Å²) in [6.45, 7) is 0. The minimum Gasteiger partial charge on any atom is -0.496 e. The summed E-state index contributed by atoms with van der Waals surface area (Å²) in [7, 11) is 1.49. The highest BCUT2D eigenvalue weighted by Crippen LogP contribution is 2.24. The van der Waals surface area contributed by atoms with Gasteiger partial charge in [0.2, 0.25) is 0 Å². The number of hydrogen-bond acceptors (Lipinski definition) is 3. The highest BCUT2D eigenvalue weighted by atomic mass is 79.9. The van der Waals surface area contributed by atoms with Crippen molar-refractivity contribution in [3.8, 4) is 5.75 Å². The number of rotatable bonds is 3.